The summed E-state index contributed by atoms with van der Waals surface area (Å²) in [5.41, 5.74) is 0.691. The van der Waals surface area contributed by atoms with Crippen LogP contribution >= 0.6 is 11.3 Å². The minimum Gasteiger partial charge on any atom is -0.368 e. The molecule has 0 bridgehead atoms. The smallest absolute Gasteiger partial charge is 0.270 e. The molecule has 2 aromatic heterocycles. The molecule has 1 amide bonds. The van der Waals surface area contributed by atoms with E-state index in [4.69, 9.17) is 0 Å². The van der Waals surface area contributed by atoms with Gasteiger partial charge >= 0.3 is 0 Å². The van der Waals surface area contributed by atoms with E-state index in [0.717, 1.165) is 0 Å². The summed E-state index contributed by atoms with van der Waals surface area (Å²) in [4.78, 5) is 27.2. The first kappa shape index (κ1) is 17.3. The van der Waals surface area contributed by atoms with Crippen molar-refractivity contribution in [3.63, 3.8) is 0 Å². The van der Waals surface area contributed by atoms with Gasteiger partial charge in [-0.2, -0.15) is 5.26 Å². The zero-order valence-electron chi connectivity index (χ0n) is 13.4. The van der Waals surface area contributed by atoms with Gasteiger partial charge in [-0.15, -0.1) is 11.3 Å². The summed E-state index contributed by atoms with van der Waals surface area (Å²) in [7, 11) is 0. The van der Waals surface area contributed by atoms with Crippen LogP contribution in [-0.2, 0) is 0 Å². The number of aromatic nitrogens is 1. The molecule has 0 aliphatic rings. The number of nitrogens with one attached hydrogen (secondary N) is 2. The van der Waals surface area contributed by atoms with Gasteiger partial charge in [-0.3, -0.25) is 14.9 Å². The van der Waals surface area contributed by atoms with Gasteiger partial charge in [0.15, 0.2) is 0 Å². The third kappa shape index (κ3) is 3.76. The molecule has 0 radical (unpaired) electrons. The molecule has 3 rings (SSSR count). The van der Waals surface area contributed by atoms with Gasteiger partial charge in [-0.1, -0.05) is 6.07 Å². The molecule has 2 N–H and O–H groups in total. The molecule has 0 aliphatic heterocycles. The van der Waals surface area contributed by atoms with Crippen molar-refractivity contribution < 1.29 is 9.72 Å². The van der Waals surface area contributed by atoms with Gasteiger partial charge in [-0.25, -0.2) is 4.98 Å². The molecule has 0 atom stereocenters. The molecule has 130 valence electrons. The van der Waals surface area contributed by atoms with Gasteiger partial charge in [-0.05, 0) is 23.6 Å². The number of nitriles is 1. The summed E-state index contributed by atoms with van der Waals surface area (Å²) < 4.78 is 0. The number of carbonyl (C=O) groups is 1. The molecular formula is C17H13N5O3S. The molecule has 1 aromatic carbocycles. The van der Waals surface area contributed by atoms with Crippen molar-refractivity contribution in [2.45, 2.75) is 0 Å². The summed E-state index contributed by atoms with van der Waals surface area (Å²) in [6.45, 7) is 0.812. The highest BCUT2D eigenvalue weighted by molar-refractivity contribution is 7.12. The zero-order chi connectivity index (χ0) is 18.5. The Morgan fingerprint density at radius 2 is 2.15 bits per heavy atom. The second-order valence-corrected chi connectivity index (χ2v) is 6.23. The van der Waals surface area contributed by atoms with Gasteiger partial charge in [0.2, 0.25) is 0 Å². The fourth-order valence-electron chi connectivity index (χ4n) is 2.37. The van der Waals surface area contributed by atoms with E-state index in [0.29, 0.717) is 40.3 Å². The van der Waals surface area contributed by atoms with Gasteiger partial charge < -0.3 is 10.6 Å². The number of pyridine rings is 1. The standard InChI is InChI=1S/C17H13N5O3S/c18-10-11-8-16(19-5-6-20-17(23)15-2-1-7-26-15)21-14-4-3-12(22(24)25)9-13(11)14/h1-4,7-9H,5-6H2,(H,19,21)(H,20,23). The van der Waals surface area contributed by atoms with Crippen LogP contribution in [0.25, 0.3) is 10.9 Å². The number of rotatable bonds is 6. The first-order valence-corrected chi connectivity index (χ1v) is 8.51. The van der Waals surface area contributed by atoms with Crippen molar-refractivity contribution in [3.8, 4) is 6.07 Å². The maximum absolute atomic E-state index is 11.8. The number of non-ortho nitro benzene ring substituents is 1. The number of fused-ring (bicyclic) bond motifs is 1. The number of carbonyl (C=O) groups excluding carboxylic acids is 1. The third-order valence-corrected chi connectivity index (χ3v) is 4.45. The highest BCUT2D eigenvalue weighted by Gasteiger charge is 2.11. The summed E-state index contributed by atoms with van der Waals surface area (Å²) in [5.74, 6) is 0.326. The van der Waals surface area contributed by atoms with Gasteiger partial charge in [0, 0.05) is 30.6 Å². The molecule has 9 heteroatoms. The first-order chi connectivity index (χ1) is 12.6. The number of anilines is 1. The van der Waals surface area contributed by atoms with E-state index in [1.165, 1.54) is 35.6 Å². The Hall–Kier alpha value is -3.51. The first-order valence-electron chi connectivity index (χ1n) is 7.63. The number of amides is 1. The van der Waals surface area contributed by atoms with Crippen LogP contribution in [0.5, 0.6) is 0 Å². The Balaban J connectivity index is 1.68. The van der Waals surface area contributed by atoms with E-state index < -0.39 is 4.92 Å². The van der Waals surface area contributed by atoms with Crippen molar-refractivity contribution in [1.29, 1.82) is 5.26 Å². The fourth-order valence-corrected chi connectivity index (χ4v) is 3.01. The largest absolute Gasteiger partial charge is 0.368 e. The lowest BCUT2D eigenvalue weighted by molar-refractivity contribution is -0.384. The lowest BCUT2D eigenvalue weighted by atomic mass is 10.1. The number of hydrogen-bond donors (Lipinski definition) is 2. The monoisotopic (exact) mass is 367 g/mol. The van der Waals surface area contributed by atoms with Crippen LogP contribution in [0.3, 0.4) is 0 Å². The second kappa shape index (κ2) is 7.58. The van der Waals surface area contributed by atoms with Gasteiger partial charge in [0.1, 0.15) is 5.82 Å². The quantitative estimate of drug-likeness (QED) is 0.392. The number of thiophene rings is 1. The maximum atomic E-state index is 11.8. The van der Waals surface area contributed by atoms with Crippen LogP contribution in [-0.4, -0.2) is 28.9 Å². The highest BCUT2D eigenvalue weighted by atomic mass is 32.1. The van der Waals surface area contributed by atoms with Crippen LogP contribution in [0.15, 0.2) is 41.8 Å². The second-order valence-electron chi connectivity index (χ2n) is 5.29. The molecule has 0 aliphatic carbocycles. The van der Waals surface area contributed by atoms with Crippen molar-refractivity contribution in [1.82, 2.24) is 10.3 Å². The number of benzene rings is 1. The lowest BCUT2D eigenvalue weighted by Crippen LogP contribution is -2.28. The Bertz CT molecular complexity index is 1010. The summed E-state index contributed by atoms with van der Waals surface area (Å²) >= 11 is 1.37. The molecule has 8 nitrogen and oxygen atoms in total. The maximum Gasteiger partial charge on any atom is 0.270 e. The summed E-state index contributed by atoms with van der Waals surface area (Å²) in [6.07, 6.45) is 0. The minimum absolute atomic E-state index is 0.0900. The SMILES string of the molecule is N#Cc1cc(NCCNC(=O)c2cccs2)nc2ccc([N+](=O)[O-])cc12. The number of nitrogens with zero attached hydrogens (tertiary/aromatic N) is 3. The van der Waals surface area contributed by atoms with Crippen LogP contribution in [0.2, 0.25) is 0 Å². The Morgan fingerprint density at radius 1 is 1.31 bits per heavy atom. The van der Waals surface area contributed by atoms with E-state index in [-0.39, 0.29) is 11.6 Å². The number of hydrogen-bond acceptors (Lipinski definition) is 7. The Kier molecular flexibility index (Phi) is 5.05. The van der Waals surface area contributed by atoms with Crippen LogP contribution < -0.4 is 10.6 Å². The van der Waals surface area contributed by atoms with Gasteiger partial charge in [0.05, 0.1) is 26.9 Å². The minimum atomic E-state index is -0.511. The van der Waals surface area contributed by atoms with E-state index in [1.807, 2.05) is 17.5 Å². The average Bonchev–Trinajstić information content (AvgIpc) is 3.18. The number of nitro benzene ring substituents is 1. The predicted octanol–water partition coefficient (Wildman–Crippen LogP) is 2.92. The summed E-state index contributed by atoms with van der Waals surface area (Å²) in [5, 5.41) is 28.3. The van der Waals surface area contributed by atoms with Crippen LogP contribution in [0.4, 0.5) is 11.5 Å². The fraction of sp³-hybridized carbons (Fsp3) is 0.118. The van der Waals surface area contributed by atoms with Crippen molar-refractivity contribution in [3.05, 3.63) is 62.3 Å². The molecule has 2 heterocycles. The van der Waals surface area contributed by atoms with Crippen LogP contribution in [0, 0.1) is 21.4 Å². The Labute approximate surface area is 152 Å². The van der Waals surface area contributed by atoms with Crippen molar-refractivity contribution in [2.75, 3.05) is 18.4 Å². The third-order valence-electron chi connectivity index (χ3n) is 3.59. The zero-order valence-corrected chi connectivity index (χ0v) is 14.2. The van der Waals surface area contributed by atoms with Crippen molar-refractivity contribution in [2.24, 2.45) is 0 Å². The normalized spacial score (nSPS) is 10.3. The lowest BCUT2D eigenvalue weighted by Gasteiger charge is -2.09. The van der Waals surface area contributed by atoms with E-state index in [2.05, 4.69) is 15.6 Å². The van der Waals surface area contributed by atoms with Crippen molar-refractivity contribution >= 4 is 39.7 Å². The predicted molar refractivity (Wildman–Crippen MR) is 98.3 cm³/mol. The average molecular weight is 367 g/mol. The van der Waals surface area contributed by atoms with E-state index >= 15 is 0 Å². The van der Waals surface area contributed by atoms with Gasteiger partial charge in [0.25, 0.3) is 11.6 Å². The molecule has 0 saturated heterocycles. The van der Waals surface area contributed by atoms with Crippen LogP contribution in [0.1, 0.15) is 15.2 Å². The highest BCUT2D eigenvalue weighted by Crippen LogP contribution is 2.24. The number of nitro groups is 1. The van der Waals surface area contributed by atoms with E-state index in [9.17, 15) is 20.2 Å². The summed E-state index contributed by atoms with van der Waals surface area (Å²) in [6, 6.07) is 11.3. The Morgan fingerprint density at radius 3 is 2.85 bits per heavy atom. The van der Waals surface area contributed by atoms with E-state index in [1.54, 1.807) is 6.07 Å². The topological polar surface area (TPSA) is 121 Å². The molecule has 0 spiro atoms. The molecule has 26 heavy (non-hydrogen) atoms. The molecule has 0 saturated carbocycles. The molecule has 0 fully saturated rings. The molecule has 0 unspecified atom stereocenters. The molecule has 3 aromatic rings. The molecular weight excluding hydrogens is 354 g/mol.